The van der Waals surface area contributed by atoms with Crippen molar-refractivity contribution in [3.63, 3.8) is 0 Å². The normalized spacial score (nSPS) is 0. The van der Waals surface area contributed by atoms with Gasteiger partial charge in [-0.05, 0) is 0 Å². The Morgan fingerprint density at radius 3 is 0.750 bits per heavy atom. The summed E-state index contributed by atoms with van der Waals surface area (Å²) in [6.45, 7) is 0. The van der Waals surface area contributed by atoms with E-state index in [2.05, 4.69) is 0 Å². The van der Waals surface area contributed by atoms with Crippen LogP contribution < -0.4 is 24.8 Å². The Balaban J connectivity index is 0. The van der Waals surface area contributed by atoms with Gasteiger partial charge in [0.15, 0.2) is 0 Å². The van der Waals surface area contributed by atoms with E-state index in [-0.39, 0.29) is 68.0 Å². The molecule has 0 aliphatic heterocycles. The Morgan fingerprint density at radius 1 is 0.750 bits per heavy atom. The first kappa shape index (κ1) is 41.3. The summed E-state index contributed by atoms with van der Waals surface area (Å²) in [6.07, 6.45) is 0. The SMILES string of the molecule is O.[Ca+2].[Cl-].[Cl-]. The van der Waals surface area contributed by atoms with E-state index >= 15 is 0 Å². The molecule has 4 heavy (non-hydrogen) atoms. The van der Waals surface area contributed by atoms with E-state index in [0.29, 0.717) is 0 Å². The second kappa shape index (κ2) is 21.4. The number of rotatable bonds is 0. The Bertz CT molecular complexity index is 6.00. The van der Waals surface area contributed by atoms with Gasteiger partial charge in [-0.3, -0.25) is 0 Å². The molecule has 0 bridgehead atoms. The van der Waals surface area contributed by atoms with Crippen LogP contribution in [0.4, 0.5) is 0 Å². The molecule has 0 rings (SSSR count). The fourth-order valence-electron chi connectivity index (χ4n) is 0. The van der Waals surface area contributed by atoms with Gasteiger partial charge in [-0.2, -0.15) is 0 Å². The van der Waals surface area contributed by atoms with Crippen LogP contribution in [0.5, 0.6) is 0 Å². The largest absolute Gasteiger partial charge is 2.00 e. The van der Waals surface area contributed by atoms with Crippen molar-refractivity contribution in [2.75, 3.05) is 0 Å². The van der Waals surface area contributed by atoms with Crippen LogP contribution in [0, 0.1) is 0 Å². The first-order chi connectivity index (χ1) is 0. The summed E-state index contributed by atoms with van der Waals surface area (Å²) < 4.78 is 0. The summed E-state index contributed by atoms with van der Waals surface area (Å²) in [5.74, 6) is 0. The van der Waals surface area contributed by atoms with Gasteiger partial charge in [0.1, 0.15) is 0 Å². The zero-order valence-electron chi connectivity index (χ0n) is 1.96. The molecule has 0 saturated heterocycles. The summed E-state index contributed by atoms with van der Waals surface area (Å²) >= 11 is 0. The Hall–Kier alpha value is 1.80. The van der Waals surface area contributed by atoms with Crippen LogP contribution in [0.25, 0.3) is 0 Å². The van der Waals surface area contributed by atoms with Crippen molar-refractivity contribution in [1.29, 1.82) is 0 Å². The van der Waals surface area contributed by atoms with Gasteiger partial charge in [-0.15, -0.1) is 0 Å². The maximum atomic E-state index is 0. The second-order valence-corrected chi connectivity index (χ2v) is 0. The summed E-state index contributed by atoms with van der Waals surface area (Å²) in [4.78, 5) is 0. The van der Waals surface area contributed by atoms with Crippen LogP contribution >= 0.6 is 0 Å². The van der Waals surface area contributed by atoms with Crippen LogP contribution in [0.15, 0.2) is 0 Å². The van der Waals surface area contributed by atoms with Crippen LogP contribution in [0.2, 0.25) is 0 Å². The second-order valence-electron chi connectivity index (χ2n) is 0. The molecule has 24 valence electrons. The van der Waals surface area contributed by atoms with Gasteiger partial charge >= 0.3 is 37.7 Å². The molecule has 0 aliphatic carbocycles. The van der Waals surface area contributed by atoms with Gasteiger partial charge in [0.25, 0.3) is 0 Å². The van der Waals surface area contributed by atoms with E-state index in [1.54, 1.807) is 0 Å². The molecule has 0 unspecified atom stereocenters. The van der Waals surface area contributed by atoms with Gasteiger partial charge in [0.05, 0.1) is 0 Å². The molecule has 0 aromatic carbocycles. The molecule has 2 N–H and O–H groups in total. The molecular weight excluding hydrogens is 127 g/mol. The van der Waals surface area contributed by atoms with Crippen molar-refractivity contribution in [2.24, 2.45) is 0 Å². The minimum absolute atomic E-state index is 0. The van der Waals surface area contributed by atoms with Crippen LogP contribution in [-0.2, 0) is 0 Å². The van der Waals surface area contributed by atoms with Gasteiger partial charge in [-0.25, -0.2) is 0 Å². The molecule has 0 fully saturated rings. The minimum Gasteiger partial charge on any atom is -1.00 e. The zero-order chi connectivity index (χ0) is 0. The quantitative estimate of drug-likeness (QED) is 0.291. The third kappa shape index (κ3) is 9.20. The molecule has 0 atom stereocenters. The van der Waals surface area contributed by atoms with Crippen molar-refractivity contribution in [2.45, 2.75) is 0 Å². The maximum Gasteiger partial charge on any atom is 2.00 e. The van der Waals surface area contributed by atoms with Gasteiger partial charge in [0, 0.05) is 0 Å². The monoisotopic (exact) mass is 128 g/mol. The Morgan fingerprint density at radius 2 is 0.750 bits per heavy atom. The smallest absolute Gasteiger partial charge is 1.00 e. The molecule has 0 radical (unpaired) electrons. The average molecular weight is 129 g/mol. The summed E-state index contributed by atoms with van der Waals surface area (Å²) in [5.41, 5.74) is 0. The average Bonchev–Trinajstić information content (AvgIpc) is 0. The first-order valence-corrected chi connectivity index (χ1v) is 0. The van der Waals surface area contributed by atoms with Gasteiger partial charge in [-0.1, -0.05) is 0 Å². The molecule has 0 saturated carbocycles. The number of hydrogen-bond acceptors (Lipinski definition) is 0. The van der Waals surface area contributed by atoms with E-state index in [0.717, 1.165) is 0 Å². The molecule has 0 aromatic rings. The molecule has 0 aliphatic rings. The molecule has 0 heterocycles. The summed E-state index contributed by atoms with van der Waals surface area (Å²) in [6, 6.07) is 0. The standard InChI is InChI=1S/Ca.2ClH.H2O/h;2*1H;1H2/q+2;;;/p-2. The van der Waals surface area contributed by atoms with Crippen molar-refractivity contribution >= 4 is 37.7 Å². The first-order valence-electron chi connectivity index (χ1n) is 0. The molecule has 4 heteroatoms. The third-order valence-electron chi connectivity index (χ3n) is 0. The van der Waals surface area contributed by atoms with E-state index in [9.17, 15) is 0 Å². The molecule has 0 aromatic heterocycles. The zero-order valence-corrected chi connectivity index (χ0v) is 5.68. The van der Waals surface area contributed by atoms with Crippen LogP contribution in [-0.4, -0.2) is 43.2 Å². The molecular formula is H2CaCl2O. The molecule has 0 spiro atoms. The fraction of sp³-hybridized carbons (Fsp3) is 0. The van der Waals surface area contributed by atoms with Crippen molar-refractivity contribution in [1.82, 2.24) is 0 Å². The molecule has 0 amide bonds. The number of halogens is 2. The van der Waals surface area contributed by atoms with E-state index in [1.165, 1.54) is 0 Å². The summed E-state index contributed by atoms with van der Waals surface area (Å²) in [5, 5.41) is 0. The van der Waals surface area contributed by atoms with Crippen molar-refractivity contribution in [3.8, 4) is 0 Å². The Kier molecular flexibility index (Phi) is 221. The van der Waals surface area contributed by atoms with Crippen molar-refractivity contribution < 1.29 is 30.3 Å². The van der Waals surface area contributed by atoms with Gasteiger partial charge < -0.3 is 30.3 Å². The Labute approximate surface area is 67.3 Å². The molecule has 1 nitrogen and oxygen atoms in total. The van der Waals surface area contributed by atoms with E-state index in [4.69, 9.17) is 0 Å². The topological polar surface area (TPSA) is 31.5 Å². The van der Waals surface area contributed by atoms with Crippen LogP contribution in [0.1, 0.15) is 0 Å². The van der Waals surface area contributed by atoms with E-state index < -0.39 is 0 Å². The minimum atomic E-state index is 0. The third-order valence-corrected chi connectivity index (χ3v) is 0. The number of hydrogen-bond donors (Lipinski definition) is 0. The maximum absolute atomic E-state index is 0. The predicted octanol–water partition coefficient (Wildman–Crippen LogP) is -7.20. The van der Waals surface area contributed by atoms with E-state index in [1.807, 2.05) is 0 Å². The summed E-state index contributed by atoms with van der Waals surface area (Å²) in [7, 11) is 0. The van der Waals surface area contributed by atoms with Gasteiger partial charge in [0.2, 0.25) is 0 Å². The van der Waals surface area contributed by atoms with Crippen LogP contribution in [0.3, 0.4) is 0 Å². The van der Waals surface area contributed by atoms with Crippen molar-refractivity contribution in [3.05, 3.63) is 0 Å². The predicted molar refractivity (Wildman–Crippen MR) is 9.37 cm³/mol. The fourth-order valence-corrected chi connectivity index (χ4v) is 0.